The maximum absolute atomic E-state index is 6.03. The van der Waals surface area contributed by atoms with E-state index in [2.05, 4.69) is 44.4 Å². The average Bonchev–Trinajstić information content (AvgIpc) is 2.77. The monoisotopic (exact) mass is 274 g/mol. The van der Waals surface area contributed by atoms with Crippen molar-refractivity contribution >= 4 is 11.3 Å². The maximum Gasteiger partial charge on any atom is 0.0972 e. The summed E-state index contributed by atoms with van der Waals surface area (Å²) in [6.07, 6.45) is 0.873. The van der Waals surface area contributed by atoms with Gasteiger partial charge in [0, 0.05) is 23.3 Å². The standard InChI is InChI=1S/C16H22N2S/c1-11(17)13-8-6-5-7-12(13)9-15-18-14(10-19-15)16(2,3)4/h5-8,10-11H,9,17H2,1-4H3. The summed E-state index contributed by atoms with van der Waals surface area (Å²) >= 11 is 1.74. The summed E-state index contributed by atoms with van der Waals surface area (Å²) in [6.45, 7) is 8.62. The fraction of sp³-hybridized carbons (Fsp3) is 0.438. The minimum absolute atomic E-state index is 0.0678. The molecule has 0 saturated heterocycles. The highest BCUT2D eigenvalue weighted by Crippen LogP contribution is 2.26. The molecule has 1 unspecified atom stereocenters. The lowest BCUT2D eigenvalue weighted by atomic mass is 9.93. The van der Waals surface area contributed by atoms with E-state index in [1.807, 2.05) is 13.0 Å². The SMILES string of the molecule is CC(N)c1ccccc1Cc1nc(C(C)(C)C)cs1. The summed E-state index contributed by atoms with van der Waals surface area (Å²) in [5.41, 5.74) is 9.82. The Kier molecular flexibility index (Phi) is 4.07. The zero-order chi connectivity index (χ0) is 14.0. The molecule has 1 heterocycles. The number of hydrogen-bond acceptors (Lipinski definition) is 3. The molecule has 0 fully saturated rings. The van der Waals surface area contributed by atoms with Crippen LogP contribution in [0.4, 0.5) is 0 Å². The van der Waals surface area contributed by atoms with Gasteiger partial charge in [0.2, 0.25) is 0 Å². The molecular formula is C16H22N2S. The van der Waals surface area contributed by atoms with E-state index < -0.39 is 0 Å². The summed E-state index contributed by atoms with van der Waals surface area (Å²) < 4.78 is 0. The van der Waals surface area contributed by atoms with Crippen molar-refractivity contribution in [2.75, 3.05) is 0 Å². The Hall–Kier alpha value is -1.19. The molecule has 2 aromatic rings. The number of thiazole rings is 1. The van der Waals surface area contributed by atoms with Gasteiger partial charge in [-0.15, -0.1) is 11.3 Å². The number of hydrogen-bond donors (Lipinski definition) is 1. The molecule has 1 atom stereocenters. The van der Waals surface area contributed by atoms with E-state index in [-0.39, 0.29) is 11.5 Å². The summed E-state index contributed by atoms with van der Waals surface area (Å²) in [5, 5.41) is 3.34. The molecule has 3 heteroatoms. The second-order valence-corrected chi connectivity index (χ2v) is 6.98. The van der Waals surface area contributed by atoms with Crippen LogP contribution >= 0.6 is 11.3 Å². The topological polar surface area (TPSA) is 38.9 Å². The minimum Gasteiger partial charge on any atom is -0.324 e. The molecule has 2 N–H and O–H groups in total. The Morgan fingerprint density at radius 3 is 2.53 bits per heavy atom. The van der Waals surface area contributed by atoms with Crippen molar-refractivity contribution in [1.82, 2.24) is 4.98 Å². The van der Waals surface area contributed by atoms with E-state index in [1.54, 1.807) is 11.3 Å². The van der Waals surface area contributed by atoms with Gasteiger partial charge in [0.05, 0.1) is 10.7 Å². The van der Waals surface area contributed by atoms with E-state index in [0.717, 1.165) is 11.4 Å². The van der Waals surface area contributed by atoms with Gasteiger partial charge in [-0.1, -0.05) is 45.0 Å². The molecule has 0 amide bonds. The highest BCUT2D eigenvalue weighted by atomic mass is 32.1. The van der Waals surface area contributed by atoms with Gasteiger partial charge in [0.15, 0.2) is 0 Å². The van der Waals surface area contributed by atoms with E-state index in [1.165, 1.54) is 16.8 Å². The second kappa shape index (κ2) is 5.43. The van der Waals surface area contributed by atoms with Gasteiger partial charge < -0.3 is 5.73 Å². The van der Waals surface area contributed by atoms with Crippen LogP contribution < -0.4 is 5.73 Å². The van der Waals surface area contributed by atoms with Crippen molar-refractivity contribution in [3.63, 3.8) is 0 Å². The van der Waals surface area contributed by atoms with E-state index >= 15 is 0 Å². The lowest BCUT2D eigenvalue weighted by Crippen LogP contribution is -2.12. The lowest BCUT2D eigenvalue weighted by Gasteiger charge is -2.14. The average molecular weight is 274 g/mol. The summed E-state index contributed by atoms with van der Waals surface area (Å²) in [5.74, 6) is 0. The van der Waals surface area contributed by atoms with Crippen molar-refractivity contribution in [2.45, 2.75) is 45.6 Å². The van der Waals surface area contributed by atoms with Crippen molar-refractivity contribution in [3.8, 4) is 0 Å². The molecule has 0 radical (unpaired) electrons. The number of benzene rings is 1. The molecule has 2 rings (SSSR count). The van der Waals surface area contributed by atoms with Gasteiger partial charge in [0.1, 0.15) is 0 Å². The lowest BCUT2D eigenvalue weighted by molar-refractivity contribution is 0.571. The predicted molar refractivity (Wildman–Crippen MR) is 82.7 cm³/mol. The zero-order valence-electron chi connectivity index (χ0n) is 12.1. The number of aromatic nitrogens is 1. The Morgan fingerprint density at radius 1 is 1.26 bits per heavy atom. The highest BCUT2D eigenvalue weighted by molar-refractivity contribution is 7.09. The summed E-state index contributed by atoms with van der Waals surface area (Å²) in [4.78, 5) is 4.75. The first-order valence-electron chi connectivity index (χ1n) is 6.66. The van der Waals surface area contributed by atoms with Crippen molar-refractivity contribution < 1.29 is 0 Å². The Morgan fingerprint density at radius 2 is 1.95 bits per heavy atom. The third kappa shape index (κ3) is 3.43. The molecule has 0 aliphatic rings. The molecule has 0 bridgehead atoms. The van der Waals surface area contributed by atoms with Crippen molar-refractivity contribution in [3.05, 3.63) is 51.5 Å². The van der Waals surface area contributed by atoms with Gasteiger partial charge in [-0.3, -0.25) is 0 Å². The van der Waals surface area contributed by atoms with Crippen LogP contribution in [0.1, 0.15) is 55.6 Å². The van der Waals surface area contributed by atoms with Crippen LogP contribution in [0.25, 0.3) is 0 Å². The molecule has 102 valence electrons. The highest BCUT2D eigenvalue weighted by Gasteiger charge is 2.18. The summed E-state index contributed by atoms with van der Waals surface area (Å²) in [6, 6.07) is 8.44. The van der Waals surface area contributed by atoms with Crippen LogP contribution in [-0.4, -0.2) is 4.98 Å². The maximum atomic E-state index is 6.03. The van der Waals surface area contributed by atoms with Crippen LogP contribution in [0.5, 0.6) is 0 Å². The van der Waals surface area contributed by atoms with Gasteiger partial charge in [-0.25, -0.2) is 4.98 Å². The Bertz CT molecular complexity index is 550. The molecule has 1 aromatic heterocycles. The Balaban J connectivity index is 2.25. The first-order valence-corrected chi connectivity index (χ1v) is 7.54. The molecule has 2 nitrogen and oxygen atoms in total. The van der Waals surface area contributed by atoms with Gasteiger partial charge in [0.25, 0.3) is 0 Å². The second-order valence-electron chi connectivity index (χ2n) is 6.04. The first kappa shape index (κ1) is 14.2. The predicted octanol–water partition coefficient (Wildman–Crippen LogP) is 4.05. The number of rotatable bonds is 3. The minimum atomic E-state index is 0.0678. The van der Waals surface area contributed by atoms with E-state index in [4.69, 9.17) is 10.7 Å². The fourth-order valence-corrected chi connectivity index (χ4v) is 3.08. The van der Waals surface area contributed by atoms with E-state index in [9.17, 15) is 0 Å². The van der Waals surface area contributed by atoms with Crippen LogP contribution in [-0.2, 0) is 11.8 Å². The van der Waals surface area contributed by atoms with Crippen LogP contribution in [0, 0.1) is 0 Å². The molecule has 19 heavy (non-hydrogen) atoms. The van der Waals surface area contributed by atoms with Crippen molar-refractivity contribution in [2.24, 2.45) is 5.73 Å². The van der Waals surface area contributed by atoms with E-state index in [0.29, 0.717) is 0 Å². The van der Waals surface area contributed by atoms with Gasteiger partial charge in [-0.05, 0) is 18.1 Å². The van der Waals surface area contributed by atoms with Crippen molar-refractivity contribution in [1.29, 1.82) is 0 Å². The molecular weight excluding hydrogens is 252 g/mol. The fourth-order valence-electron chi connectivity index (χ4n) is 2.04. The molecule has 0 saturated carbocycles. The molecule has 0 aliphatic carbocycles. The summed E-state index contributed by atoms with van der Waals surface area (Å²) in [7, 11) is 0. The van der Waals surface area contributed by atoms with Crippen LogP contribution in [0.15, 0.2) is 29.6 Å². The van der Waals surface area contributed by atoms with Crippen LogP contribution in [0.3, 0.4) is 0 Å². The van der Waals surface area contributed by atoms with Gasteiger partial charge in [-0.2, -0.15) is 0 Å². The first-order chi connectivity index (χ1) is 8.88. The number of nitrogens with zero attached hydrogens (tertiary/aromatic N) is 1. The van der Waals surface area contributed by atoms with Crippen LogP contribution in [0.2, 0.25) is 0 Å². The molecule has 1 aromatic carbocycles. The number of nitrogens with two attached hydrogens (primary N) is 1. The third-order valence-electron chi connectivity index (χ3n) is 3.21. The smallest absolute Gasteiger partial charge is 0.0972 e. The zero-order valence-corrected chi connectivity index (χ0v) is 12.9. The normalized spacial score (nSPS) is 13.5. The third-order valence-corrected chi connectivity index (χ3v) is 4.06. The Labute approximate surface area is 119 Å². The molecule has 0 aliphatic heterocycles. The van der Waals surface area contributed by atoms with Gasteiger partial charge >= 0.3 is 0 Å². The molecule has 0 spiro atoms. The largest absolute Gasteiger partial charge is 0.324 e. The quantitative estimate of drug-likeness (QED) is 0.917.